The van der Waals surface area contributed by atoms with Gasteiger partial charge in [0.25, 0.3) is 0 Å². The van der Waals surface area contributed by atoms with Crippen LogP contribution in [0.1, 0.15) is 5.56 Å². The molecule has 15 heavy (non-hydrogen) atoms. The van der Waals surface area contributed by atoms with Gasteiger partial charge < -0.3 is 10.5 Å². The standard InChI is InChI=1S/C11H12N2OS/c1-7-3-8(5-9(4-7)14-2)10-6-13-11(12)15-10/h3-6H,1-2H3,(H2,12,13). The topological polar surface area (TPSA) is 48.1 Å². The van der Waals surface area contributed by atoms with Crippen LogP contribution in [0.2, 0.25) is 0 Å². The van der Waals surface area contributed by atoms with Crippen LogP contribution in [0.5, 0.6) is 5.75 Å². The smallest absolute Gasteiger partial charge is 0.180 e. The molecule has 1 aromatic carbocycles. The number of rotatable bonds is 2. The third-order valence-electron chi connectivity index (χ3n) is 2.09. The molecule has 2 aromatic rings. The molecule has 0 saturated carbocycles. The van der Waals surface area contributed by atoms with Crippen LogP contribution >= 0.6 is 11.3 Å². The molecule has 4 heteroatoms. The Morgan fingerprint density at radius 1 is 1.33 bits per heavy atom. The zero-order chi connectivity index (χ0) is 10.8. The number of nitrogen functional groups attached to an aromatic ring is 1. The summed E-state index contributed by atoms with van der Waals surface area (Å²) in [6.07, 6.45) is 1.79. The largest absolute Gasteiger partial charge is 0.497 e. The lowest BCUT2D eigenvalue weighted by Gasteiger charge is -2.04. The lowest BCUT2D eigenvalue weighted by atomic mass is 10.1. The molecule has 0 amide bonds. The normalized spacial score (nSPS) is 10.3. The molecule has 0 aliphatic heterocycles. The second-order valence-electron chi connectivity index (χ2n) is 3.30. The van der Waals surface area contributed by atoms with Gasteiger partial charge in [0.2, 0.25) is 0 Å². The van der Waals surface area contributed by atoms with E-state index in [1.807, 2.05) is 19.1 Å². The first-order valence-corrected chi connectivity index (χ1v) is 5.38. The van der Waals surface area contributed by atoms with Crippen LogP contribution in [-0.4, -0.2) is 12.1 Å². The van der Waals surface area contributed by atoms with Crippen molar-refractivity contribution in [1.82, 2.24) is 4.98 Å². The number of thiazole rings is 1. The van der Waals surface area contributed by atoms with E-state index < -0.39 is 0 Å². The molecule has 78 valence electrons. The van der Waals surface area contributed by atoms with Gasteiger partial charge in [0.15, 0.2) is 5.13 Å². The second-order valence-corrected chi connectivity index (χ2v) is 4.36. The number of nitrogens with two attached hydrogens (primary N) is 1. The summed E-state index contributed by atoms with van der Waals surface area (Å²) in [6, 6.07) is 6.07. The fourth-order valence-electron chi connectivity index (χ4n) is 1.43. The van der Waals surface area contributed by atoms with Gasteiger partial charge in [-0.05, 0) is 30.2 Å². The minimum atomic E-state index is 0.588. The third-order valence-corrected chi connectivity index (χ3v) is 2.97. The van der Waals surface area contributed by atoms with Crippen LogP contribution < -0.4 is 10.5 Å². The molecule has 1 heterocycles. The number of benzene rings is 1. The van der Waals surface area contributed by atoms with E-state index in [0.29, 0.717) is 5.13 Å². The molecule has 2 rings (SSSR count). The molecule has 2 N–H and O–H groups in total. The summed E-state index contributed by atoms with van der Waals surface area (Å²) >= 11 is 1.48. The van der Waals surface area contributed by atoms with E-state index in [2.05, 4.69) is 11.1 Å². The number of hydrogen-bond acceptors (Lipinski definition) is 4. The highest BCUT2D eigenvalue weighted by molar-refractivity contribution is 7.18. The Hall–Kier alpha value is -1.55. The molecule has 1 aromatic heterocycles. The predicted octanol–water partition coefficient (Wildman–Crippen LogP) is 2.71. The number of aromatic nitrogens is 1. The van der Waals surface area contributed by atoms with Gasteiger partial charge in [0, 0.05) is 6.20 Å². The summed E-state index contributed by atoms with van der Waals surface area (Å²) in [6.45, 7) is 2.04. The first-order chi connectivity index (χ1) is 7.19. The molecule has 0 bridgehead atoms. The summed E-state index contributed by atoms with van der Waals surface area (Å²) < 4.78 is 5.22. The van der Waals surface area contributed by atoms with E-state index in [0.717, 1.165) is 21.8 Å². The number of hydrogen-bond donors (Lipinski definition) is 1. The summed E-state index contributed by atoms with van der Waals surface area (Å²) in [5.74, 6) is 0.858. The number of aryl methyl sites for hydroxylation is 1. The first-order valence-electron chi connectivity index (χ1n) is 4.56. The minimum Gasteiger partial charge on any atom is -0.497 e. The predicted molar refractivity (Wildman–Crippen MR) is 63.3 cm³/mol. The van der Waals surface area contributed by atoms with Gasteiger partial charge in [-0.3, -0.25) is 0 Å². The Kier molecular flexibility index (Phi) is 2.60. The van der Waals surface area contributed by atoms with Gasteiger partial charge in [-0.25, -0.2) is 4.98 Å². The zero-order valence-corrected chi connectivity index (χ0v) is 9.47. The molecular formula is C11H12N2OS. The molecule has 0 aliphatic rings. The lowest BCUT2D eigenvalue weighted by Crippen LogP contribution is -1.85. The average molecular weight is 220 g/mol. The Morgan fingerprint density at radius 3 is 2.73 bits per heavy atom. The molecule has 0 fully saturated rings. The molecule has 0 atom stereocenters. The van der Waals surface area contributed by atoms with Crippen molar-refractivity contribution in [2.24, 2.45) is 0 Å². The Balaban J connectivity index is 2.48. The van der Waals surface area contributed by atoms with E-state index in [4.69, 9.17) is 10.5 Å². The minimum absolute atomic E-state index is 0.588. The van der Waals surface area contributed by atoms with Crippen LogP contribution in [0.15, 0.2) is 24.4 Å². The summed E-state index contributed by atoms with van der Waals surface area (Å²) in [5, 5.41) is 0.588. The van der Waals surface area contributed by atoms with Crippen molar-refractivity contribution in [2.75, 3.05) is 12.8 Å². The van der Waals surface area contributed by atoms with E-state index in [1.54, 1.807) is 13.3 Å². The average Bonchev–Trinajstić information content (AvgIpc) is 2.64. The van der Waals surface area contributed by atoms with E-state index in [1.165, 1.54) is 11.3 Å². The van der Waals surface area contributed by atoms with Crippen LogP contribution in [0.25, 0.3) is 10.4 Å². The van der Waals surface area contributed by atoms with Crippen molar-refractivity contribution in [3.63, 3.8) is 0 Å². The molecule has 0 saturated heterocycles. The van der Waals surface area contributed by atoms with Crippen molar-refractivity contribution in [3.05, 3.63) is 30.0 Å². The van der Waals surface area contributed by atoms with Gasteiger partial charge in [-0.15, -0.1) is 0 Å². The van der Waals surface area contributed by atoms with E-state index >= 15 is 0 Å². The summed E-state index contributed by atoms with van der Waals surface area (Å²) in [5.41, 5.74) is 7.86. The van der Waals surface area contributed by atoms with Crippen molar-refractivity contribution in [1.29, 1.82) is 0 Å². The maximum Gasteiger partial charge on any atom is 0.180 e. The molecule has 0 radical (unpaired) electrons. The molecule has 0 spiro atoms. The third kappa shape index (κ3) is 2.10. The fraction of sp³-hybridized carbons (Fsp3) is 0.182. The fourth-order valence-corrected chi connectivity index (χ4v) is 2.10. The zero-order valence-electron chi connectivity index (χ0n) is 8.65. The Bertz CT molecular complexity index is 479. The van der Waals surface area contributed by atoms with E-state index in [9.17, 15) is 0 Å². The maximum atomic E-state index is 5.60. The van der Waals surface area contributed by atoms with Crippen molar-refractivity contribution < 1.29 is 4.74 Å². The highest BCUT2D eigenvalue weighted by atomic mass is 32.1. The highest BCUT2D eigenvalue weighted by Gasteiger charge is 2.04. The molecule has 0 unspecified atom stereocenters. The van der Waals surface area contributed by atoms with Gasteiger partial charge in [-0.2, -0.15) is 0 Å². The first kappa shape index (κ1) is 9.98. The van der Waals surface area contributed by atoms with Crippen molar-refractivity contribution >= 4 is 16.5 Å². The summed E-state index contributed by atoms with van der Waals surface area (Å²) in [7, 11) is 1.67. The number of ether oxygens (including phenoxy) is 1. The Labute approximate surface area is 92.5 Å². The SMILES string of the molecule is COc1cc(C)cc(-c2cnc(N)s2)c1. The maximum absolute atomic E-state index is 5.60. The van der Waals surface area contributed by atoms with Crippen molar-refractivity contribution in [2.45, 2.75) is 6.92 Å². The van der Waals surface area contributed by atoms with E-state index in [-0.39, 0.29) is 0 Å². The number of nitrogens with zero attached hydrogens (tertiary/aromatic N) is 1. The van der Waals surface area contributed by atoms with Gasteiger partial charge in [0.05, 0.1) is 12.0 Å². The van der Waals surface area contributed by atoms with Crippen LogP contribution in [0.4, 0.5) is 5.13 Å². The summed E-state index contributed by atoms with van der Waals surface area (Å²) in [4.78, 5) is 5.10. The molecular weight excluding hydrogens is 208 g/mol. The number of methoxy groups -OCH3 is 1. The molecule has 0 aliphatic carbocycles. The second kappa shape index (κ2) is 3.90. The van der Waals surface area contributed by atoms with Crippen LogP contribution in [0.3, 0.4) is 0 Å². The van der Waals surface area contributed by atoms with Gasteiger partial charge in [0.1, 0.15) is 5.75 Å². The highest BCUT2D eigenvalue weighted by Crippen LogP contribution is 2.30. The molecule has 3 nitrogen and oxygen atoms in total. The van der Waals surface area contributed by atoms with Crippen molar-refractivity contribution in [3.8, 4) is 16.2 Å². The quantitative estimate of drug-likeness (QED) is 0.846. The lowest BCUT2D eigenvalue weighted by molar-refractivity contribution is 0.414. The van der Waals surface area contributed by atoms with Crippen LogP contribution in [-0.2, 0) is 0 Å². The van der Waals surface area contributed by atoms with Gasteiger partial charge >= 0.3 is 0 Å². The van der Waals surface area contributed by atoms with Gasteiger partial charge in [-0.1, -0.05) is 17.4 Å². The monoisotopic (exact) mass is 220 g/mol. The number of anilines is 1. The Morgan fingerprint density at radius 2 is 2.13 bits per heavy atom. The van der Waals surface area contributed by atoms with Crippen LogP contribution in [0, 0.1) is 6.92 Å².